The fourth-order valence-electron chi connectivity index (χ4n) is 1.73. The number of ketones is 1. The van der Waals surface area contributed by atoms with E-state index >= 15 is 0 Å². The monoisotopic (exact) mass is 233 g/mol. The van der Waals surface area contributed by atoms with Gasteiger partial charge in [0.1, 0.15) is 0 Å². The van der Waals surface area contributed by atoms with Crippen molar-refractivity contribution >= 4 is 11.8 Å². The molecule has 17 heavy (non-hydrogen) atoms. The topological polar surface area (TPSA) is 58.7 Å². The normalized spacial score (nSPS) is 19.0. The quantitative estimate of drug-likeness (QED) is 0.577. The van der Waals surface area contributed by atoms with Gasteiger partial charge in [0, 0.05) is 0 Å². The first-order chi connectivity index (χ1) is 8.20. The van der Waals surface area contributed by atoms with E-state index in [0.717, 1.165) is 5.56 Å². The number of ether oxygens (including phenoxy) is 1. The third-order valence-electron chi connectivity index (χ3n) is 2.58. The summed E-state index contributed by atoms with van der Waals surface area (Å²) in [7, 11) is 1.31. The van der Waals surface area contributed by atoms with Crippen molar-refractivity contribution in [2.45, 2.75) is 6.04 Å². The van der Waals surface area contributed by atoms with Gasteiger partial charge in [0.15, 0.2) is 0 Å². The maximum atomic E-state index is 11.8. The summed E-state index contributed by atoms with van der Waals surface area (Å²) in [6, 6.07) is 8.83. The predicted molar refractivity (Wildman–Crippen MR) is 58.6 cm³/mol. The second-order valence-electron chi connectivity index (χ2n) is 3.79. The molecule has 1 heterocycles. The average Bonchev–Trinajstić information content (AvgIpc) is 2.71. The number of hydrogen-bond donors (Lipinski definition) is 0. The number of benzene rings is 1. The molecule has 1 aromatic carbocycles. The molecule has 0 aliphatic carbocycles. The van der Waals surface area contributed by atoms with E-state index in [1.54, 1.807) is 0 Å². The van der Waals surface area contributed by atoms with Gasteiger partial charge in [-0.1, -0.05) is 30.3 Å². The lowest BCUT2D eigenvalue weighted by Crippen LogP contribution is -2.21. The number of rotatable bonds is 3. The van der Waals surface area contributed by atoms with E-state index < -0.39 is 12.0 Å². The van der Waals surface area contributed by atoms with Crippen molar-refractivity contribution in [1.82, 2.24) is 0 Å². The molecular weight excluding hydrogens is 220 g/mol. The molecule has 0 aromatic heterocycles. The molecule has 1 aliphatic rings. The van der Waals surface area contributed by atoms with Crippen LogP contribution in [0, 0.1) is 0 Å². The van der Waals surface area contributed by atoms with Gasteiger partial charge in [-0.25, -0.2) is 4.79 Å². The molecule has 88 valence electrons. The number of esters is 1. The highest BCUT2D eigenvalue weighted by atomic mass is 16.5. The highest BCUT2D eigenvalue weighted by Crippen LogP contribution is 2.22. The molecule has 0 radical (unpaired) electrons. The van der Waals surface area contributed by atoms with E-state index in [9.17, 15) is 9.59 Å². The van der Waals surface area contributed by atoms with Crippen LogP contribution in [0.25, 0.3) is 0 Å². The first-order valence-electron chi connectivity index (χ1n) is 5.31. The third kappa shape index (κ3) is 2.55. The SMILES string of the molecule is COC(=O)C[N+]1=NC(c2ccccc2)C(=O)C1. The minimum absolute atomic E-state index is 0.0000954. The lowest BCUT2D eigenvalue weighted by Gasteiger charge is -1.98. The summed E-state index contributed by atoms with van der Waals surface area (Å²) in [4.78, 5) is 22.8. The maximum absolute atomic E-state index is 11.8. The summed E-state index contributed by atoms with van der Waals surface area (Å²) in [5.74, 6) is -0.393. The zero-order valence-corrected chi connectivity index (χ0v) is 9.50. The fraction of sp³-hybridized carbons (Fsp3) is 0.333. The van der Waals surface area contributed by atoms with Crippen molar-refractivity contribution in [3.8, 4) is 0 Å². The second-order valence-corrected chi connectivity index (χ2v) is 3.79. The lowest BCUT2D eigenvalue weighted by molar-refractivity contribution is -0.566. The Bertz CT molecular complexity index is 468. The molecule has 0 bridgehead atoms. The van der Waals surface area contributed by atoms with Crippen LogP contribution in [0.3, 0.4) is 0 Å². The van der Waals surface area contributed by atoms with Crippen LogP contribution >= 0.6 is 0 Å². The molecule has 0 fully saturated rings. The number of carbonyl (C=O) groups excluding carboxylic acids is 2. The molecule has 0 saturated heterocycles. The second kappa shape index (κ2) is 4.86. The molecule has 1 unspecified atom stereocenters. The van der Waals surface area contributed by atoms with Gasteiger partial charge in [0.2, 0.25) is 18.4 Å². The third-order valence-corrected chi connectivity index (χ3v) is 2.58. The van der Waals surface area contributed by atoms with Gasteiger partial charge in [0.25, 0.3) is 6.54 Å². The van der Waals surface area contributed by atoms with Crippen LogP contribution < -0.4 is 0 Å². The summed E-state index contributed by atoms with van der Waals surface area (Å²) >= 11 is 0. The number of azo groups is 2. The molecular formula is C12H13N2O3+. The molecule has 0 saturated carbocycles. The van der Waals surface area contributed by atoms with Crippen LogP contribution in [0.15, 0.2) is 35.4 Å². The molecule has 2 rings (SSSR count). The van der Waals surface area contributed by atoms with E-state index in [-0.39, 0.29) is 18.9 Å². The largest absolute Gasteiger partial charge is 0.464 e. The van der Waals surface area contributed by atoms with Crippen molar-refractivity contribution in [3.05, 3.63) is 35.9 Å². The first kappa shape index (κ1) is 11.4. The van der Waals surface area contributed by atoms with Gasteiger partial charge < -0.3 is 4.74 Å². The standard InChI is InChI=1S/C12H13N2O3/c1-17-11(16)8-14-7-10(15)12(13-14)9-5-3-2-4-6-9/h2-6,12H,7-8H2,1H3/q+1. The van der Waals surface area contributed by atoms with Crippen LogP contribution in [0.5, 0.6) is 0 Å². The van der Waals surface area contributed by atoms with E-state index in [0.29, 0.717) is 0 Å². The number of hydrogen-bond acceptors (Lipinski definition) is 4. The van der Waals surface area contributed by atoms with Crippen molar-refractivity contribution in [3.63, 3.8) is 0 Å². The van der Waals surface area contributed by atoms with Crippen molar-refractivity contribution < 1.29 is 19.0 Å². The van der Waals surface area contributed by atoms with Crippen molar-refractivity contribution in [2.75, 3.05) is 20.2 Å². The Kier molecular flexibility index (Phi) is 3.27. The molecule has 0 N–H and O–H groups in total. The highest BCUT2D eigenvalue weighted by Gasteiger charge is 2.35. The molecule has 0 spiro atoms. The Morgan fingerprint density at radius 3 is 2.82 bits per heavy atom. The molecule has 5 nitrogen and oxygen atoms in total. The molecule has 5 heteroatoms. The Morgan fingerprint density at radius 2 is 2.18 bits per heavy atom. The van der Waals surface area contributed by atoms with Crippen molar-refractivity contribution in [1.29, 1.82) is 0 Å². The molecule has 0 amide bonds. The number of nitrogens with zero attached hydrogens (tertiary/aromatic N) is 2. The Balaban J connectivity index is 2.15. The number of Topliss-reactive ketones (excluding diaryl/α,β-unsaturated/α-hetero) is 1. The summed E-state index contributed by atoms with van der Waals surface area (Å²) < 4.78 is 5.99. The Morgan fingerprint density at radius 1 is 1.47 bits per heavy atom. The van der Waals surface area contributed by atoms with Crippen LogP contribution in [0.1, 0.15) is 11.6 Å². The summed E-state index contributed by atoms with van der Waals surface area (Å²) in [6.45, 7) is 0.181. The van der Waals surface area contributed by atoms with Gasteiger partial charge in [-0.2, -0.15) is 0 Å². The Labute approximate surface area is 98.7 Å². The number of carbonyl (C=O) groups is 2. The van der Waals surface area contributed by atoms with E-state index in [1.807, 2.05) is 30.3 Å². The van der Waals surface area contributed by atoms with Gasteiger partial charge in [-0.05, 0) is 10.7 Å². The maximum Gasteiger partial charge on any atom is 0.374 e. The molecule has 1 aliphatic heterocycles. The first-order valence-corrected chi connectivity index (χ1v) is 5.31. The van der Waals surface area contributed by atoms with Crippen LogP contribution in [-0.4, -0.2) is 36.6 Å². The summed E-state index contributed by atoms with van der Waals surface area (Å²) in [6.07, 6.45) is 0. The van der Waals surface area contributed by atoms with E-state index in [2.05, 4.69) is 9.85 Å². The zero-order chi connectivity index (χ0) is 12.3. The van der Waals surface area contributed by atoms with Crippen LogP contribution in [0.4, 0.5) is 0 Å². The minimum Gasteiger partial charge on any atom is -0.464 e. The molecule has 1 aromatic rings. The number of methoxy groups -OCH3 is 1. The smallest absolute Gasteiger partial charge is 0.374 e. The zero-order valence-electron chi connectivity index (χ0n) is 9.50. The van der Waals surface area contributed by atoms with Crippen molar-refractivity contribution in [2.24, 2.45) is 5.11 Å². The van der Waals surface area contributed by atoms with E-state index in [1.165, 1.54) is 11.8 Å². The van der Waals surface area contributed by atoms with Crippen LogP contribution in [0.2, 0.25) is 0 Å². The Hall–Kier alpha value is -2.04. The molecule has 1 atom stereocenters. The minimum atomic E-state index is -0.485. The highest BCUT2D eigenvalue weighted by molar-refractivity contribution is 5.87. The van der Waals surface area contributed by atoms with E-state index in [4.69, 9.17) is 0 Å². The summed E-state index contributed by atoms with van der Waals surface area (Å²) in [5, 5.41) is 4.21. The summed E-state index contributed by atoms with van der Waals surface area (Å²) in [5.41, 5.74) is 0.852. The van der Waals surface area contributed by atoms with Gasteiger partial charge in [0.05, 0.1) is 7.11 Å². The van der Waals surface area contributed by atoms with Gasteiger partial charge in [-0.15, -0.1) is 4.70 Å². The van der Waals surface area contributed by atoms with Gasteiger partial charge >= 0.3 is 5.97 Å². The predicted octanol–water partition coefficient (Wildman–Crippen LogP) is 0.948. The van der Waals surface area contributed by atoms with Gasteiger partial charge in [-0.3, -0.25) is 4.79 Å². The fourth-order valence-corrected chi connectivity index (χ4v) is 1.73. The lowest BCUT2D eigenvalue weighted by atomic mass is 10.0. The van der Waals surface area contributed by atoms with Crippen LogP contribution in [-0.2, 0) is 14.3 Å². The average molecular weight is 233 g/mol.